The largest absolute Gasteiger partial charge is 0.394 e. The topological polar surface area (TPSA) is 121 Å². The Balaban J connectivity index is 1.54. The quantitative estimate of drug-likeness (QED) is 0.358. The molecule has 40 heavy (non-hydrogen) atoms. The molecule has 3 saturated heterocycles. The molecule has 3 heterocycles. The number of aliphatic hydroxyl groups is 2. The molecule has 1 unspecified atom stereocenters. The summed E-state index contributed by atoms with van der Waals surface area (Å²) in [7, 11) is -2.02. The van der Waals surface area contributed by atoms with Gasteiger partial charge >= 0.3 is 0 Å². The number of benzene rings is 1. The Morgan fingerprint density at radius 2 is 1.85 bits per heavy atom. The van der Waals surface area contributed by atoms with E-state index < -0.39 is 39.9 Å². The highest BCUT2D eigenvalue weighted by Crippen LogP contribution is 2.41. The maximum Gasteiger partial charge on any atom is 0.178 e. The molecule has 3 aliphatic heterocycles. The lowest BCUT2D eigenvalue weighted by molar-refractivity contribution is -0.144. The fourth-order valence-electron chi connectivity index (χ4n) is 6.27. The van der Waals surface area contributed by atoms with Gasteiger partial charge in [0.2, 0.25) is 0 Å². The average molecular weight is 583 g/mol. The van der Waals surface area contributed by atoms with Crippen LogP contribution in [0.25, 0.3) is 0 Å². The van der Waals surface area contributed by atoms with Crippen molar-refractivity contribution in [1.82, 2.24) is 0 Å². The third-order valence-corrected chi connectivity index (χ3v) is 10.3. The van der Waals surface area contributed by atoms with Gasteiger partial charge in [0.25, 0.3) is 0 Å². The highest BCUT2D eigenvalue weighted by atomic mass is 32.2. The van der Waals surface area contributed by atoms with E-state index in [9.17, 15) is 18.6 Å². The van der Waals surface area contributed by atoms with Crippen LogP contribution in [-0.2, 0) is 33.5 Å². The zero-order valence-electron chi connectivity index (χ0n) is 24.1. The van der Waals surface area contributed by atoms with Gasteiger partial charge in [0.15, 0.2) is 15.6 Å². The first-order chi connectivity index (χ1) is 18.9. The highest BCUT2D eigenvalue weighted by Gasteiger charge is 2.50. The molecule has 0 aromatic heterocycles. The third-order valence-electron chi connectivity index (χ3n) is 8.46. The van der Waals surface area contributed by atoms with Gasteiger partial charge in [-0.15, -0.1) is 0 Å². The van der Waals surface area contributed by atoms with Gasteiger partial charge < -0.3 is 33.9 Å². The molecule has 3 fully saturated rings. The van der Waals surface area contributed by atoms with Crippen LogP contribution in [0.15, 0.2) is 47.4 Å². The summed E-state index contributed by atoms with van der Waals surface area (Å²) in [5, 5.41) is 19.0. The van der Waals surface area contributed by atoms with E-state index in [2.05, 4.69) is 13.5 Å². The van der Waals surface area contributed by atoms with Crippen LogP contribution in [0.1, 0.15) is 52.9 Å². The van der Waals surface area contributed by atoms with Crippen LogP contribution in [0, 0.1) is 11.8 Å². The van der Waals surface area contributed by atoms with Gasteiger partial charge in [-0.25, -0.2) is 8.42 Å². The summed E-state index contributed by atoms with van der Waals surface area (Å²) in [5.41, 5.74) is 0.957. The number of ether oxygens (including phenoxy) is 5. The standard InChI is InChI=1S/C30H46O9S/c1-19-13-22(12-11-21(32)16-31)37-26(20(19)2)15-27-25(18-40(33,34)24-9-7-6-8-10-24)29(35-5)28(38-27)14-23-17-36-30(3,4)39-23/h6-10,19,21-23,25-29,31-32H,2,11-18H2,1,3-5H3/t19-,21+,22+,23?,25+,26+,27+,28-,29-/m1/s1. The minimum atomic E-state index is -3.62. The normalized spacial score (nSPS) is 35.2. The number of hydrogen-bond donors (Lipinski definition) is 2. The van der Waals surface area contributed by atoms with Gasteiger partial charge in [-0.1, -0.05) is 31.7 Å². The molecule has 0 spiro atoms. The van der Waals surface area contributed by atoms with Gasteiger partial charge in [0.05, 0.1) is 66.6 Å². The van der Waals surface area contributed by atoms with Crippen molar-refractivity contribution in [3.63, 3.8) is 0 Å². The van der Waals surface area contributed by atoms with Gasteiger partial charge in [-0.2, -0.15) is 0 Å². The second kappa shape index (κ2) is 13.3. The Labute approximate surface area is 238 Å². The third kappa shape index (κ3) is 7.72. The van der Waals surface area contributed by atoms with Crippen molar-refractivity contribution >= 4 is 9.84 Å². The Morgan fingerprint density at radius 1 is 1.12 bits per heavy atom. The monoisotopic (exact) mass is 582 g/mol. The van der Waals surface area contributed by atoms with Crippen LogP contribution in [0.3, 0.4) is 0 Å². The van der Waals surface area contributed by atoms with Crippen molar-refractivity contribution in [2.75, 3.05) is 26.1 Å². The van der Waals surface area contributed by atoms with Crippen molar-refractivity contribution in [3.05, 3.63) is 42.5 Å². The van der Waals surface area contributed by atoms with E-state index in [-0.39, 0.29) is 47.6 Å². The summed E-state index contributed by atoms with van der Waals surface area (Å²) in [6, 6.07) is 8.47. The van der Waals surface area contributed by atoms with Crippen LogP contribution in [-0.4, -0.2) is 93.2 Å². The summed E-state index contributed by atoms with van der Waals surface area (Å²) in [6.07, 6.45) is 0.138. The van der Waals surface area contributed by atoms with Crippen LogP contribution in [0.2, 0.25) is 0 Å². The van der Waals surface area contributed by atoms with E-state index in [1.54, 1.807) is 37.4 Å². The first-order valence-electron chi connectivity index (χ1n) is 14.3. The van der Waals surface area contributed by atoms with Gasteiger partial charge in [0, 0.05) is 25.9 Å². The second-order valence-electron chi connectivity index (χ2n) is 12.0. The summed E-state index contributed by atoms with van der Waals surface area (Å²) in [6.45, 7) is 10.3. The summed E-state index contributed by atoms with van der Waals surface area (Å²) in [4.78, 5) is 0.274. The van der Waals surface area contributed by atoms with Crippen molar-refractivity contribution in [3.8, 4) is 0 Å². The van der Waals surface area contributed by atoms with Crippen LogP contribution in [0.5, 0.6) is 0 Å². The maximum atomic E-state index is 13.5. The Hall–Kier alpha value is -1.37. The van der Waals surface area contributed by atoms with Crippen molar-refractivity contribution in [1.29, 1.82) is 0 Å². The SMILES string of the molecule is C=C1[C@H](C)C[C@H](CC[C@H](O)CO)O[C@H]1C[C@@H]1O[C@H](CC2COC(C)(C)O2)[C@H](OC)[C@H]1CS(=O)(=O)c1ccccc1. The van der Waals surface area contributed by atoms with E-state index in [1.165, 1.54) is 0 Å². The van der Waals surface area contributed by atoms with E-state index >= 15 is 0 Å². The van der Waals surface area contributed by atoms with E-state index in [0.29, 0.717) is 32.3 Å². The molecule has 9 atom stereocenters. The Bertz CT molecular complexity index is 1080. The molecule has 10 heteroatoms. The molecule has 226 valence electrons. The number of aliphatic hydroxyl groups excluding tert-OH is 2. The molecule has 0 radical (unpaired) electrons. The molecule has 1 aromatic rings. The van der Waals surface area contributed by atoms with Crippen LogP contribution < -0.4 is 0 Å². The lowest BCUT2D eigenvalue weighted by atomic mass is 9.83. The number of sulfone groups is 1. The molecule has 0 amide bonds. The Morgan fingerprint density at radius 3 is 2.48 bits per heavy atom. The van der Waals surface area contributed by atoms with Gasteiger partial charge in [-0.05, 0) is 56.7 Å². The lowest BCUT2D eigenvalue weighted by Gasteiger charge is -2.38. The van der Waals surface area contributed by atoms with E-state index in [0.717, 1.165) is 12.0 Å². The van der Waals surface area contributed by atoms with Gasteiger partial charge in [0.1, 0.15) is 0 Å². The molecular weight excluding hydrogens is 536 g/mol. The van der Waals surface area contributed by atoms with E-state index in [1.807, 2.05) is 13.8 Å². The van der Waals surface area contributed by atoms with Crippen LogP contribution in [0.4, 0.5) is 0 Å². The van der Waals surface area contributed by atoms with Crippen molar-refractivity contribution in [2.24, 2.45) is 11.8 Å². The van der Waals surface area contributed by atoms with Crippen LogP contribution >= 0.6 is 0 Å². The summed E-state index contributed by atoms with van der Waals surface area (Å²) < 4.78 is 57.8. The zero-order chi connectivity index (χ0) is 29.1. The number of hydrogen-bond acceptors (Lipinski definition) is 9. The zero-order valence-corrected chi connectivity index (χ0v) is 24.9. The van der Waals surface area contributed by atoms with E-state index in [4.69, 9.17) is 23.7 Å². The van der Waals surface area contributed by atoms with Crippen molar-refractivity contribution in [2.45, 2.75) is 106 Å². The predicted molar refractivity (Wildman–Crippen MR) is 149 cm³/mol. The first-order valence-corrected chi connectivity index (χ1v) is 16.0. The molecule has 3 aliphatic rings. The Kier molecular flexibility index (Phi) is 10.5. The first kappa shape index (κ1) is 31.6. The molecule has 0 aliphatic carbocycles. The highest BCUT2D eigenvalue weighted by molar-refractivity contribution is 7.91. The number of methoxy groups -OCH3 is 1. The minimum absolute atomic E-state index is 0.0973. The molecular formula is C30H46O9S. The fraction of sp³-hybridized carbons (Fsp3) is 0.733. The molecule has 9 nitrogen and oxygen atoms in total. The molecule has 0 bridgehead atoms. The summed E-state index contributed by atoms with van der Waals surface area (Å²) in [5.74, 6) is -1.03. The molecule has 1 aromatic carbocycles. The van der Waals surface area contributed by atoms with Gasteiger partial charge in [-0.3, -0.25) is 0 Å². The average Bonchev–Trinajstić information content (AvgIpc) is 3.42. The smallest absolute Gasteiger partial charge is 0.178 e. The van der Waals surface area contributed by atoms with Crippen molar-refractivity contribution < 1.29 is 42.3 Å². The molecule has 2 N–H and O–H groups in total. The predicted octanol–water partition coefficient (Wildman–Crippen LogP) is 3.27. The molecule has 4 rings (SSSR count). The lowest BCUT2D eigenvalue weighted by Crippen LogP contribution is -2.40. The minimum Gasteiger partial charge on any atom is -0.394 e. The maximum absolute atomic E-state index is 13.5. The second-order valence-corrected chi connectivity index (χ2v) is 14.0. The summed E-state index contributed by atoms with van der Waals surface area (Å²) >= 11 is 0. The number of rotatable bonds is 12. The molecule has 0 saturated carbocycles. The fourth-order valence-corrected chi connectivity index (χ4v) is 7.94.